The quantitative estimate of drug-likeness (QED) is 0.456. The van der Waals surface area contributed by atoms with E-state index < -0.39 is 0 Å². The van der Waals surface area contributed by atoms with E-state index in [0.717, 1.165) is 18.8 Å². The van der Waals surface area contributed by atoms with Gasteiger partial charge in [-0.15, -0.1) is 0 Å². The lowest BCUT2D eigenvalue weighted by molar-refractivity contribution is -0.138. The molecule has 0 bridgehead atoms. The highest BCUT2D eigenvalue weighted by atomic mass is 16.6. The molecule has 1 heterocycles. The summed E-state index contributed by atoms with van der Waals surface area (Å²) >= 11 is 0. The van der Waals surface area contributed by atoms with Gasteiger partial charge in [-0.25, -0.2) is 4.79 Å². The Bertz CT molecular complexity index is 394. The van der Waals surface area contributed by atoms with E-state index in [9.17, 15) is 4.79 Å². The van der Waals surface area contributed by atoms with Gasteiger partial charge in [0.1, 0.15) is 12.7 Å². The lowest BCUT2D eigenvalue weighted by Gasteiger charge is -1.97. The van der Waals surface area contributed by atoms with E-state index in [2.05, 4.69) is 0 Å². The van der Waals surface area contributed by atoms with E-state index in [0.29, 0.717) is 13.2 Å². The molecule has 1 atom stereocenters. The third-order valence-electron chi connectivity index (χ3n) is 2.43. The van der Waals surface area contributed by atoms with Crippen LogP contribution in [0.3, 0.4) is 0 Å². The molecule has 0 N–H and O–H groups in total. The minimum atomic E-state index is -0.325. The lowest BCUT2D eigenvalue weighted by Crippen LogP contribution is -2.06. The van der Waals surface area contributed by atoms with E-state index in [4.69, 9.17) is 14.2 Å². The number of benzene rings is 1. The van der Waals surface area contributed by atoms with Gasteiger partial charge >= 0.3 is 5.97 Å². The van der Waals surface area contributed by atoms with Crippen LogP contribution in [0, 0.1) is 0 Å². The molecular weight excluding hydrogens is 256 g/mol. The molecule has 1 fully saturated rings. The Labute approximate surface area is 120 Å². The summed E-state index contributed by atoms with van der Waals surface area (Å²) in [5.41, 5.74) is 0.983. The van der Waals surface area contributed by atoms with Gasteiger partial charge in [0, 0.05) is 19.3 Å². The maximum atomic E-state index is 11.2. The zero-order chi connectivity index (χ0) is 14.6. The molecule has 4 heteroatoms. The first-order valence-corrected chi connectivity index (χ1v) is 6.85. The fraction of sp³-hybridized carbons (Fsp3) is 0.438. The first-order chi connectivity index (χ1) is 9.76. The predicted octanol–water partition coefficient (Wildman–Crippen LogP) is 2.68. The smallest absolute Gasteiger partial charge is 0.330 e. The number of rotatable bonds is 6. The highest BCUT2D eigenvalue weighted by Gasteiger charge is 2.23. The summed E-state index contributed by atoms with van der Waals surface area (Å²) in [5, 5.41) is 0. The van der Waals surface area contributed by atoms with Crippen LogP contribution in [0.4, 0.5) is 0 Å². The molecule has 0 aliphatic carbocycles. The van der Waals surface area contributed by atoms with Crippen LogP contribution >= 0.6 is 0 Å². The number of carbonyl (C=O) groups is 1. The molecule has 0 amide bonds. The van der Waals surface area contributed by atoms with Crippen LogP contribution in [0.5, 0.6) is 0 Å². The largest absolute Gasteiger partial charge is 0.460 e. The van der Waals surface area contributed by atoms with E-state index in [1.165, 1.54) is 6.08 Å². The normalized spacial score (nSPS) is 16.4. The van der Waals surface area contributed by atoms with Crippen LogP contribution in [-0.2, 0) is 19.0 Å². The second-order valence-corrected chi connectivity index (χ2v) is 4.11. The van der Waals surface area contributed by atoms with Gasteiger partial charge < -0.3 is 14.2 Å². The topological polar surface area (TPSA) is 48.1 Å². The SMILES string of the molecule is CCOCC.O=C(/C=C/c1ccccc1)OCC1CO1. The number of esters is 1. The van der Waals surface area contributed by atoms with Crippen molar-refractivity contribution in [3.63, 3.8) is 0 Å². The first-order valence-electron chi connectivity index (χ1n) is 6.85. The molecule has 0 spiro atoms. The summed E-state index contributed by atoms with van der Waals surface area (Å²) in [6, 6.07) is 9.62. The molecule has 110 valence electrons. The standard InChI is InChI=1S/C12H12O3.C4H10O/c13-12(15-9-11-8-14-11)7-6-10-4-2-1-3-5-10;1-3-5-4-2/h1-7,11H,8-9H2;3-4H2,1-2H3/b7-6+;. The van der Waals surface area contributed by atoms with Gasteiger partial charge in [0.25, 0.3) is 0 Å². The van der Waals surface area contributed by atoms with Crippen molar-refractivity contribution in [2.45, 2.75) is 20.0 Å². The van der Waals surface area contributed by atoms with Crippen molar-refractivity contribution in [3.05, 3.63) is 42.0 Å². The summed E-state index contributed by atoms with van der Waals surface area (Å²) in [6.07, 6.45) is 3.28. The fourth-order valence-corrected chi connectivity index (χ4v) is 1.32. The number of hydrogen-bond donors (Lipinski definition) is 0. The maximum absolute atomic E-state index is 11.2. The second-order valence-electron chi connectivity index (χ2n) is 4.11. The molecule has 2 rings (SSSR count). The number of hydrogen-bond acceptors (Lipinski definition) is 4. The predicted molar refractivity (Wildman–Crippen MR) is 78.3 cm³/mol. The van der Waals surface area contributed by atoms with Gasteiger partial charge in [-0.2, -0.15) is 0 Å². The average Bonchev–Trinajstić information content (AvgIpc) is 3.30. The fourth-order valence-electron chi connectivity index (χ4n) is 1.32. The van der Waals surface area contributed by atoms with Crippen molar-refractivity contribution in [1.29, 1.82) is 0 Å². The molecule has 1 aliphatic heterocycles. The second kappa shape index (κ2) is 10.2. The van der Waals surface area contributed by atoms with Gasteiger partial charge in [-0.1, -0.05) is 30.3 Å². The van der Waals surface area contributed by atoms with Gasteiger partial charge in [0.05, 0.1) is 6.61 Å². The molecular formula is C16H22O4. The highest BCUT2D eigenvalue weighted by Crippen LogP contribution is 2.09. The van der Waals surface area contributed by atoms with Gasteiger partial charge in [-0.05, 0) is 25.5 Å². The maximum Gasteiger partial charge on any atom is 0.330 e. The zero-order valence-electron chi connectivity index (χ0n) is 12.1. The highest BCUT2D eigenvalue weighted by molar-refractivity contribution is 5.87. The van der Waals surface area contributed by atoms with E-state index in [-0.39, 0.29) is 12.1 Å². The summed E-state index contributed by atoms with van der Waals surface area (Å²) in [4.78, 5) is 11.2. The Morgan fingerprint density at radius 3 is 2.45 bits per heavy atom. The van der Waals surface area contributed by atoms with E-state index in [1.807, 2.05) is 44.2 Å². The molecule has 0 radical (unpaired) electrons. The molecule has 20 heavy (non-hydrogen) atoms. The Morgan fingerprint density at radius 2 is 1.95 bits per heavy atom. The molecule has 0 saturated carbocycles. The third kappa shape index (κ3) is 8.45. The summed E-state index contributed by atoms with van der Waals surface area (Å²) in [5.74, 6) is -0.325. The number of carbonyl (C=O) groups excluding carboxylic acids is 1. The van der Waals surface area contributed by atoms with Crippen LogP contribution in [0.1, 0.15) is 19.4 Å². The van der Waals surface area contributed by atoms with Gasteiger partial charge in [0.2, 0.25) is 0 Å². The Morgan fingerprint density at radius 1 is 1.30 bits per heavy atom. The molecule has 1 unspecified atom stereocenters. The average molecular weight is 278 g/mol. The molecule has 1 aromatic carbocycles. The van der Waals surface area contributed by atoms with Gasteiger partial charge in [-0.3, -0.25) is 0 Å². The summed E-state index contributed by atoms with van der Waals surface area (Å²) < 4.78 is 14.7. The summed E-state index contributed by atoms with van der Waals surface area (Å²) in [6.45, 7) is 6.73. The Balaban J connectivity index is 0.000000347. The zero-order valence-corrected chi connectivity index (χ0v) is 12.1. The van der Waals surface area contributed by atoms with Crippen molar-refractivity contribution in [1.82, 2.24) is 0 Å². The number of ether oxygens (including phenoxy) is 3. The summed E-state index contributed by atoms with van der Waals surface area (Å²) in [7, 11) is 0. The van der Waals surface area contributed by atoms with Gasteiger partial charge in [0.15, 0.2) is 0 Å². The van der Waals surface area contributed by atoms with Crippen molar-refractivity contribution in [3.8, 4) is 0 Å². The van der Waals surface area contributed by atoms with Crippen LogP contribution in [0.25, 0.3) is 6.08 Å². The minimum absolute atomic E-state index is 0.124. The van der Waals surface area contributed by atoms with E-state index in [1.54, 1.807) is 6.08 Å². The molecule has 4 nitrogen and oxygen atoms in total. The van der Waals surface area contributed by atoms with Crippen molar-refractivity contribution in [2.24, 2.45) is 0 Å². The minimum Gasteiger partial charge on any atom is -0.460 e. The Kier molecular flexibility index (Phi) is 8.35. The van der Waals surface area contributed by atoms with Crippen LogP contribution < -0.4 is 0 Å². The first kappa shape index (κ1) is 16.4. The van der Waals surface area contributed by atoms with Crippen molar-refractivity contribution >= 4 is 12.0 Å². The van der Waals surface area contributed by atoms with Crippen molar-refractivity contribution in [2.75, 3.05) is 26.4 Å². The molecule has 1 saturated heterocycles. The molecule has 0 aromatic heterocycles. The molecule has 1 aliphatic rings. The third-order valence-corrected chi connectivity index (χ3v) is 2.43. The monoisotopic (exact) mass is 278 g/mol. The lowest BCUT2D eigenvalue weighted by atomic mass is 10.2. The Hall–Kier alpha value is -1.65. The molecule has 1 aromatic rings. The van der Waals surface area contributed by atoms with Crippen LogP contribution in [0.2, 0.25) is 0 Å². The van der Waals surface area contributed by atoms with Crippen molar-refractivity contribution < 1.29 is 19.0 Å². The van der Waals surface area contributed by atoms with Crippen LogP contribution in [-0.4, -0.2) is 38.5 Å². The van der Waals surface area contributed by atoms with Crippen LogP contribution in [0.15, 0.2) is 36.4 Å². The number of epoxide rings is 1. The van der Waals surface area contributed by atoms with E-state index >= 15 is 0 Å².